The molecular formula is C24H21NO6. The Morgan fingerprint density at radius 1 is 0.935 bits per heavy atom. The Balaban J connectivity index is 1.85. The first-order valence-corrected chi connectivity index (χ1v) is 9.61. The second-order valence-corrected chi connectivity index (χ2v) is 6.89. The summed E-state index contributed by atoms with van der Waals surface area (Å²) >= 11 is 0. The Hall–Kier alpha value is -4.00. The van der Waals surface area contributed by atoms with Crippen molar-refractivity contribution in [3.8, 4) is 11.5 Å². The summed E-state index contributed by atoms with van der Waals surface area (Å²) < 4.78 is 21.6. The van der Waals surface area contributed by atoms with E-state index in [2.05, 4.69) is 5.32 Å². The molecule has 0 aliphatic rings. The van der Waals surface area contributed by atoms with Gasteiger partial charge in [0.05, 0.1) is 19.8 Å². The number of benzene rings is 3. The zero-order valence-electron chi connectivity index (χ0n) is 17.4. The van der Waals surface area contributed by atoms with Gasteiger partial charge in [-0.1, -0.05) is 12.1 Å². The molecule has 0 atom stereocenters. The molecule has 1 heterocycles. The van der Waals surface area contributed by atoms with E-state index in [9.17, 15) is 9.59 Å². The maximum absolute atomic E-state index is 13.3. The van der Waals surface area contributed by atoms with E-state index >= 15 is 0 Å². The molecule has 7 nitrogen and oxygen atoms in total. The number of methoxy groups -OCH3 is 2. The molecule has 7 heteroatoms. The summed E-state index contributed by atoms with van der Waals surface area (Å²) in [6.45, 7) is 1.15. The topological polar surface area (TPSA) is 87.0 Å². The van der Waals surface area contributed by atoms with E-state index in [1.165, 1.54) is 6.92 Å². The second-order valence-electron chi connectivity index (χ2n) is 6.89. The van der Waals surface area contributed by atoms with Crippen LogP contribution >= 0.6 is 0 Å². The summed E-state index contributed by atoms with van der Waals surface area (Å²) in [6.07, 6.45) is 0. The van der Waals surface area contributed by atoms with E-state index in [1.54, 1.807) is 44.6 Å². The van der Waals surface area contributed by atoms with Crippen molar-refractivity contribution in [3.05, 3.63) is 65.9 Å². The molecule has 0 spiro atoms. The number of ether oxygens (including phenoxy) is 3. The highest BCUT2D eigenvalue weighted by Gasteiger charge is 2.24. The zero-order valence-corrected chi connectivity index (χ0v) is 17.4. The van der Waals surface area contributed by atoms with Gasteiger partial charge < -0.3 is 23.9 Å². The number of rotatable bonds is 6. The molecule has 1 N–H and O–H groups in total. The number of carbonyl (C=O) groups is 2. The number of fused-ring (bicyclic) bond motifs is 3. The van der Waals surface area contributed by atoms with Gasteiger partial charge in [-0.2, -0.15) is 0 Å². The monoisotopic (exact) mass is 419 g/mol. The third-order valence-corrected chi connectivity index (χ3v) is 4.93. The minimum Gasteiger partial charge on any atom is -0.497 e. The lowest BCUT2D eigenvalue weighted by atomic mass is 10.0. The SMILES string of the molecule is COc1ccc(NC(=O)c2c(COC(C)=O)oc3ccc4ccc(OC)cc4c23)cc1. The van der Waals surface area contributed by atoms with Crippen LogP contribution in [0.4, 0.5) is 5.69 Å². The number of amides is 1. The van der Waals surface area contributed by atoms with Crippen molar-refractivity contribution >= 4 is 39.3 Å². The van der Waals surface area contributed by atoms with E-state index in [0.717, 1.165) is 10.8 Å². The fourth-order valence-corrected chi connectivity index (χ4v) is 3.45. The van der Waals surface area contributed by atoms with Crippen LogP contribution in [0.1, 0.15) is 23.0 Å². The van der Waals surface area contributed by atoms with E-state index in [-0.39, 0.29) is 18.3 Å². The van der Waals surface area contributed by atoms with Crippen molar-refractivity contribution in [2.24, 2.45) is 0 Å². The predicted molar refractivity (Wildman–Crippen MR) is 117 cm³/mol. The molecule has 1 amide bonds. The first-order chi connectivity index (χ1) is 15.0. The Kier molecular flexibility index (Phi) is 5.49. The van der Waals surface area contributed by atoms with Gasteiger partial charge >= 0.3 is 5.97 Å². The van der Waals surface area contributed by atoms with Gasteiger partial charge in [0.1, 0.15) is 23.7 Å². The minimum atomic E-state index is -0.464. The molecule has 0 unspecified atom stereocenters. The maximum atomic E-state index is 13.3. The second kappa shape index (κ2) is 8.39. The van der Waals surface area contributed by atoms with Crippen LogP contribution in [0.2, 0.25) is 0 Å². The Morgan fingerprint density at radius 3 is 2.29 bits per heavy atom. The molecule has 0 bridgehead atoms. The fourth-order valence-electron chi connectivity index (χ4n) is 3.45. The Labute approximate surface area is 178 Å². The third-order valence-electron chi connectivity index (χ3n) is 4.93. The van der Waals surface area contributed by atoms with Gasteiger partial charge in [-0.05, 0) is 53.2 Å². The largest absolute Gasteiger partial charge is 0.497 e. The first-order valence-electron chi connectivity index (χ1n) is 9.61. The van der Waals surface area contributed by atoms with Gasteiger partial charge in [-0.15, -0.1) is 0 Å². The zero-order chi connectivity index (χ0) is 22.0. The van der Waals surface area contributed by atoms with Gasteiger partial charge in [0.25, 0.3) is 5.91 Å². The molecule has 1 aromatic heterocycles. The van der Waals surface area contributed by atoms with Crippen LogP contribution in [-0.4, -0.2) is 26.1 Å². The van der Waals surface area contributed by atoms with Crippen molar-refractivity contribution in [3.63, 3.8) is 0 Å². The summed E-state index contributed by atoms with van der Waals surface area (Å²) in [6, 6.07) is 16.3. The van der Waals surface area contributed by atoms with E-state index in [4.69, 9.17) is 18.6 Å². The first kappa shape index (κ1) is 20.3. The lowest BCUT2D eigenvalue weighted by Gasteiger charge is -2.09. The predicted octanol–water partition coefficient (Wildman–Crippen LogP) is 4.92. The van der Waals surface area contributed by atoms with Crippen molar-refractivity contribution < 1.29 is 28.2 Å². The molecular weight excluding hydrogens is 398 g/mol. The van der Waals surface area contributed by atoms with Gasteiger partial charge in [0.2, 0.25) is 0 Å². The van der Waals surface area contributed by atoms with E-state index in [1.807, 2.05) is 24.3 Å². The quantitative estimate of drug-likeness (QED) is 0.447. The van der Waals surface area contributed by atoms with Gasteiger partial charge in [0, 0.05) is 18.0 Å². The summed E-state index contributed by atoms with van der Waals surface area (Å²) in [7, 11) is 3.16. The standard InChI is InChI=1S/C24H21NO6/c1-14(26)30-13-21-23(24(27)25-16-6-9-17(28-2)10-7-16)22-19-12-18(29-3)8-4-15(19)5-11-20(22)31-21/h4-12H,13H2,1-3H3,(H,25,27). The number of anilines is 1. The normalized spacial score (nSPS) is 10.8. The van der Waals surface area contributed by atoms with Crippen molar-refractivity contribution in [2.75, 3.05) is 19.5 Å². The molecule has 0 saturated carbocycles. The molecule has 3 aromatic carbocycles. The van der Waals surface area contributed by atoms with Crippen molar-refractivity contribution in [1.82, 2.24) is 0 Å². The van der Waals surface area contributed by atoms with Crippen LogP contribution in [0.25, 0.3) is 21.7 Å². The number of hydrogen-bond donors (Lipinski definition) is 1. The summed E-state index contributed by atoms with van der Waals surface area (Å²) in [5.74, 6) is 0.770. The summed E-state index contributed by atoms with van der Waals surface area (Å²) in [4.78, 5) is 24.7. The lowest BCUT2D eigenvalue weighted by molar-refractivity contribution is -0.142. The van der Waals surface area contributed by atoms with Crippen LogP contribution in [0.3, 0.4) is 0 Å². The van der Waals surface area contributed by atoms with Crippen molar-refractivity contribution in [2.45, 2.75) is 13.5 Å². The Morgan fingerprint density at radius 2 is 1.61 bits per heavy atom. The summed E-state index contributed by atoms with van der Waals surface area (Å²) in [5.41, 5.74) is 1.42. The fraction of sp³-hybridized carbons (Fsp3) is 0.167. The number of hydrogen-bond acceptors (Lipinski definition) is 6. The third kappa shape index (κ3) is 4.02. The molecule has 0 fully saturated rings. The highest BCUT2D eigenvalue weighted by Crippen LogP contribution is 2.35. The lowest BCUT2D eigenvalue weighted by Crippen LogP contribution is -2.14. The molecule has 4 rings (SSSR count). The van der Waals surface area contributed by atoms with Crippen LogP contribution in [0.15, 0.2) is 59.0 Å². The average molecular weight is 419 g/mol. The van der Waals surface area contributed by atoms with Crippen LogP contribution in [0.5, 0.6) is 11.5 Å². The molecule has 0 aliphatic carbocycles. The van der Waals surface area contributed by atoms with E-state index < -0.39 is 5.97 Å². The average Bonchev–Trinajstić information content (AvgIpc) is 3.17. The smallest absolute Gasteiger partial charge is 0.303 e. The number of carbonyl (C=O) groups excluding carboxylic acids is 2. The molecule has 4 aromatic rings. The van der Waals surface area contributed by atoms with Crippen LogP contribution < -0.4 is 14.8 Å². The number of nitrogens with one attached hydrogen (secondary N) is 1. The highest BCUT2D eigenvalue weighted by molar-refractivity contribution is 6.20. The van der Waals surface area contributed by atoms with Crippen molar-refractivity contribution in [1.29, 1.82) is 0 Å². The Bertz CT molecular complexity index is 1270. The molecule has 0 aliphatic heterocycles. The van der Waals surface area contributed by atoms with Gasteiger partial charge in [-0.3, -0.25) is 9.59 Å². The maximum Gasteiger partial charge on any atom is 0.303 e. The van der Waals surface area contributed by atoms with Gasteiger partial charge in [0.15, 0.2) is 5.76 Å². The number of furan rings is 1. The van der Waals surface area contributed by atoms with Crippen LogP contribution in [-0.2, 0) is 16.1 Å². The number of esters is 1. The van der Waals surface area contributed by atoms with E-state index in [0.29, 0.717) is 33.7 Å². The van der Waals surface area contributed by atoms with Crippen LogP contribution in [0, 0.1) is 0 Å². The highest BCUT2D eigenvalue weighted by atomic mass is 16.5. The molecule has 0 radical (unpaired) electrons. The van der Waals surface area contributed by atoms with Gasteiger partial charge in [-0.25, -0.2) is 0 Å². The minimum absolute atomic E-state index is 0.152. The summed E-state index contributed by atoms with van der Waals surface area (Å²) in [5, 5.41) is 5.24. The molecule has 158 valence electrons. The molecule has 31 heavy (non-hydrogen) atoms. The molecule has 0 saturated heterocycles.